The number of hydrogen-bond donors (Lipinski definition) is 2. The van der Waals surface area contributed by atoms with Gasteiger partial charge in [-0.25, -0.2) is 0 Å². The van der Waals surface area contributed by atoms with Crippen molar-refractivity contribution in [3.63, 3.8) is 0 Å². The SMILES string of the molecule is COc1cc(CC=O)c(N)c(OC)c1O. The Bertz CT molecular complexity index is 376. The molecule has 0 saturated carbocycles. The minimum absolute atomic E-state index is 0.131. The highest BCUT2D eigenvalue weighted by molar-refractivity contribution is 5.73. The number of benzene rings is 1. The molecule has 0 aliphatic rings. The fourth-order valence-electron chi connectivity index (χ4n) is 1.31. The van der Waals surface area contributed by atoms with E-state index >= 15 is 0 Å². The quantitative estimate of drug-likeness (QED) is 0.566. The van der Waals surface area contributed by atoms with Gasteiger partial charge < -0.3 is 25.1 Å². The lowest BCUT2D eigenvalue weighted by molar-refractivity contribution is -0.107. The summed E-state index contributed by atoms with van der Waals surface area (Å²) >= 11 is 0. The first-order chi connectivity index (χ1) is 7.15. The molecule has 0 spiro atoms. The standard InChI is InChI=1S/C10H13NO4/c1-14-7-5-6(3-4-12)8(11)10(15-2)9(7)13/h4-5,13H,3,11H2,1-2H3. The molecule has 0 saturated heterocycles. The number of phenolic OH excluding ortho intramolecular Hbond substituents is 1. The van der Waals surface area contributed by atoms with Crippen molar-refractivity contribution in [3.05, 3.63) is 11.6 Å². The molecule has 1 aromatic carbocycles. The van der Waals surface area contributed by atoms with E-state index in [4.69, 9.17) is 15.2 Å². The maximum atomic E-state index is 10.4. The number of anilines is 1. The molecule has 0 fully saturated rings. The van der Waals surface area contributed by atoms with E-state index in [0.717, 1.165) is 6.29 Å². The Kier molecular flexibility index (Phi) is 3.38. The summed E-state index contributed by atoms with van der Waals surface area (Å²) in [6, 6.07) is 1.52. The Morgan fingerprint density at radius 1 is 1.47 bits per heavy atom. The molecule has 0 unspecified atom stereocenters. The minimum atomic E-state index is -0.160. The number of carbonyl (C=O) groups is 1. The Labute approximate surface area is 87.4 Å². The topological polar surface area (TPSA) is 81.8 Å². The molecule has 0 atom stereocenters. The van der Waals surface area contributed by atoms with Crippen molar-refractivity contribution < 1.29 is 19.4 Å². The van der Waals surface area contributed by atoms with Crippen molar-refractivity contribution in [3.8, 4) is 17.2 Å². The number of nitrogens with two attached hydrogens (primary N) is 1. The minimum Gasteiger partial charge on any atom is -0.502 e. The number of rotatable bonds is 4. The van der Waals surface area contributed by atoms with Gasteiger partial charge in [0.1, 0.15) is 6.29 Å². The summed E-state index contributed by atoms with van der Waals surface area (Å²) in [5, 5.41) is 9.64. The van der Waals surface area contributed by atoms with Crippen LogP contribution < -0.4 is 15.2 Å². The van der Waals surface area contributed by atoms with Crippen LogP contribution in [0.4, 0.5) is 5.69 Å². The van der Waals surface area contributed by atoms with Crippen LogP contribution in [-0.4, -0.2) is 25.6 Å². The van der Waals surface area contributed by atoms with E-state index < -0.39 is 0 Å². The molecule has 15 heavy (non-hydrogen) atoms. The number of phenols is 1. The molecule has 1 aromatic rings. The predicted octanol–water partition coefficient (Wildman–Crippen LogP) is 0.733. The van der Waals surface area contributed by atoms with Crippen LogP contribution in [-0.2, 0) is 11.2 Å². The highest BCUT2D eigenvalue weighted by Crippen LogP contribution is 2.42. The fraction of sp³-hybridized carbons (Fsp3) is 0.300. The lowest BCUT2D eigenvalue weighted by atomic mass is 10.1. The van der Waals surface area contributed by atoms with Gasteiger partial charge in [-0.15, -0.1) is 0 Å². The van der Waals surface area contributed by atoms with Crippen LogP contribution in [0.3, 0.4) is 0 Å². The number of aldehydes is 1. The van der Waals surface area contributed by atoms with E-state index in [9.17, 15) is 9.90 Å². The van der Waals surface area contributed by atoms with E-state index in [1.54, 1.807) is 0 Å². The molecule has 0 aromatic heterocycles. The summed E-state index contributed by atoms with van der Waals surface area (Å²) in [6.45, 7) is 0. The van der Waals surface area contributed by atoms with Gasteiger partial charge in [0.2, 0.25) is 5.75 Å². The number of methoxy groups -OCH3 is 2. The van der Waals surface area contributed by atoms with E-state index in [-0.39, 0.29) is 29.4 Å². The Morgan fingerprint density at radius 3 is 2.60 bits per heavy atom. The Morgan fingerprint density at radius 2 is 2.13 bits per heavy atom. The number of carbonyl (C=O) groups excluding carboxylic acids is 1. The maximum Gasteiger partial charge on any atom is 0.202 e. The van der Waals surface area contributed by atoms with Crippen molar-refractivity contribution >= 4 is 12.0 Å². The van der Waals surface area contributed by atoms with Crippen LogP contribution >= 0.6 is 0 Å². The number of ether oxygens (including phenoxy) is 2. The number of aromatic hydroxyl groups is 1. The molecular weight excluding hydrogens is 198 g/mol. The summed E-state index contributed by atoms with van der Waals surface area (Å²) < 4.78 is 9.86. The van der Waals surface area contributed by atoms with Crippen LogP contribution in [0.15, 0.2) is 6.07 Å². The molecule has 0 amide bonds. The van der Waals surface area contributed by atoms with E-state index in [1.807, 2.05) is 0 Å². The predicted molar refractivity (Wildman–Crippen MR) is 55.4 cm³/mol. The summed E-state index contributed by atoms with van der Waals surface area (Å²) in [5.74, 6) is 0.205. The van der Waals surface area contributed by atoms with Gasteiger partial charge in [-0.2, -0.15) is 0 Å². The second-order valence-corrected chi connectivity index (χ2v) is 2.90. The Hall–Kier alpha value is -1.91. The van der Waals surface area contributed by atoms with Crippen molar-refractivity contribution in [2.45, 2.75) is 6.42 Å². The molecule has 0 aliphatic carbocycles. The molecule has 0 bridgehead atoms. The molecule has 3 N–H and O–H groups in total. The highest BCUT2D eigenvalue weighted by atomic mass is 16.5. The molecule has 82 valence electrons. The molecule has 0 radical (unpaired) electrons. The van der Waals surface area contributed by atoms with Crippen LogP contribution in [0.1, 0.15) is 5.56 Å². The van der Waals surface area contributed by atoms with Gasteiger partial charge in [-0.1, -0.05) is 0 Å². The van der Waals surface area contributed by atoms with Crippen molar-refractivity contribution in [1.82, 2.24) is 0 Å². The normalized spacial score (nSPS) is 9.73. The maximum absolute atomic E-state index is 10.4. The zero-order chi connectivity index (χ0) is 11.4. The molecule has 1 rings (SSSR count). The van der Waals surface area contributed by atoms with Crippen LogP contribution in [0.2, 0.25) is 0 Å². The third-order valence-corrected chi connectivity index (χ3v) is 2.07. The van der Waals surface area contributed by atoms with Gasteiger partial charge in [-0.05, 0) is 11.6 Å². The summed E-state index contributed by atoms with van der Waals surface area (Å²) in [6.07, 6.45) is 0.875. The zero-order valence-electron chi connectivity index (χ0n) is 8.61. The van der Waals surface area contributed by atoms with Gasteiger partial charge in [0, 0.05) is 6.42 Å². The molecule has 0 aliphatic heterocycles. The lowest BCUT2D eigenvalue weighted by Crippen LogP contribution is -2.01. The van der Waals surface area contributed by atoms with Crippen molar-refractivity contribution in [2.75, 3.05) is 20.0 Å². The first-order valence-electron chi connectivity index (χ1n) is 4.31. The Balaban J connectivity index is 3.36. The number of hydrogen-bond acceptors (Lipinski definition) is 5. The summed E-state index contributed by atoms with van der Waals surface area (Å²) in [4.78, 5) is 10.4. The first-order valence-corrected chi connectivity index (χ1v) is 4.31. The van der Waals surface area contributed by atoms with Crippen molar-refractivity contribution in [1.29, 1.82) is 0 Å². The van der Waals surface area contributed by atoms with E-state index in [0.29, 0.717) is 5.56 Å². The average Bonchev–Trinajstić information content (AvgIpc) is 2.23. The average molecular weight is 211 g/mol. The summed E-state index contributed by atoms with van der Waals surface area (Å²) in [5.41, 5.74) is 6.52. The van der Waals surface area contributed by atoms with Crippen LogP contribution in [0.25, 0.3) is 0 Å². The van der Waals surface area contributed by atoms with E-state index in [2.05, 4.69) is 0 Å². The molecule has 5 heteroatoms. The van der Waals surface area contributed by atoms with Crippen LogP contribution in [0.5, 0.6) is 17.2 Å². The molecule has 0 heterocycles. The van der Waals surface area contributed by atoms with E-state index in [1.165, 1.54) is 20.3 Å². The monoisotopic (exact) mass is 211 g/mol. The van der Waals surface area contributed by atoms with Gasteiger partial charge >= 0.3 is 0 Å². The third-order valence-electron chi connectivity index (χ3n) is 2.07. The van der Waals surface area contributed by atoms with Crippen LogP contribution in [0, 0.1) is 0 Å². The zero-order valence-corrected chi connectivity index (χ0v) is 8.61. The van der Waals surface area contributed by atoms with Gasteiger partial charge in [-0.3, -0.25) is 0 Å². The lowest BCUT2D eigenvalue weighted by Gasteiger charge is -2.13. The van der Waals surface area contributed by atoms with Gasteiger partial charge in [0.15, 0.2) is 11.5 Å². The molecular formula is C10H13NO4. The number of nitrogen functional groups attached to an aromatic ring is 1. The second-order valence-electron chi connectivity index (χ2n) is 2.90. The van der Waals surface area contributed by atoms with Gasteiger partial charge in [0.05, 0.1) is 19.9 Å². The molecule has 5 nitrogen and oxygen atoms in total. The highest BCUT2D eigenvalue weighted by Gasteiger charge is 2.16. The first kappa shape index (κ1) is 11.2. The largest absolute Gasteiger partial charge is 0.502 e. The van der Waals surface area contributed by atoms with Crippen molar-refractivity contribution in [2.24, 2.45) is 0 Å². The smallest absolute Gasteiger partial charge is 0.202 e. The summed E-state index contributed by atoms with van der Waals surface area (Å²) in [7, 11) is 2.80. The second kappa shape index (κ2) is 4.54. The third kappa shape index (κ3) is 1.96. The van der Waals surface area contributed by atoms with Gasteiger partial charge in [0.25, 0.3) is 0 Å². The fourth-order valence-corrected chi connectivity index (χ4v) is 1.31.